The SMILES string of the molecule is C[C@H](CO)NC(=O)C[C@H]1CC=CCC[C@H](NC(=O)OCC2c3ccccc3-c3ccccc32)C(=O)O[C@@H](c2ccccc2)CNC1=O. The van der Waals surface area contributed by atoms with E-state index >= 15 is 0 Å². The van der Waals surface area contributed by atoms with E-state index in [4.69, 9.17) is 9.47 Å². The molecule has 47 heavy (non-hydrogen) atoms. The molecule has 0 saturated carbocycles. The molecular formula is C37H41N3O7. The van der Waals surface area contributed by atoms with E-state index in [0.717, 1.165) is 22.3 Å². The van der Waals surface area contributed by atoms with Gasteiger partial charge in [-0.3, -0.25) is 9.59 Å². The van der Waals surface area contributed by atoms with E-state index in [2.05, 4.69) is 28.1 Å². The van der Waals surface area contributed by atoms with Crippen LogP contribution in [0, 0.1) is 5.92 Å². The van der Waals surface area contributed by atoms with Crippen LogP contribution in [0.3, 0.4) is 0 Å². The minimum atomic E-state index is -1.00. The van der Waals surface area contributed by atoms with Crippen LogP contribution in [0.1, 0.15) is 61.3 Å². The van der Waals surface area contributed by atoms with Crippen LogP contribution in [0.25, 0.3) is 11.1 Å². The highest BCUT2D eigenvalue weighted by Crippen LogP contribution is 2.44. The molecule has 1 aliphatic heterocycles. The Morgan fingerprint density at radius 1 is 0.957 bits per heavy atom. The molecule has 1 aliphatic carbocycles. The number of carbonyl (C=O) groups excluding carboxylic acids is 4. The third-order valence-electron chi connectivity index (χ3n) is 8.50. The van der Waals surface area contributed by atoms with Crippen molar-refractivity contribution in [3.8, 4) is 11.1 Å². The minimum absolute atomic E-state index is 0.0267. The number of allylic oxidation sites excluding steroid dienone is 2. The normalized spacial score (nSPS) is 20.6. The summed E-state index contributed by atoms with van der Waals surface area (Å²) in [7, 11) is 0. The van der Waals surface area contributed by atoms with Gasteiger partial charge in [0.05, 0.1) is 19.1 Å². The molecule has 1 heterocycles. The maximum Gasteiger partial charge on any atom is 0.407 e. The average Bonchev–Trinajstić information content (AvgIpc) is 3.41. The molecule has 3 amide bonds. The lowest BCUT2D eigenvalue weighted by atomic mass is 9.98. The number of ether oxygens (including phenoxy) is 2. The zero-order valence-corrected chi connectivity index (χ0v) is 26.4. The van der Waals surface area contributed by atoms with E-state index in [9.17, 15) is 24.3 Å². The van der Waals surface area contributed by atoms with E-state index in [1.807, 2.05) is 48.5 Å². The van der Waals surface area contributed by atoms with Gasteiger partial charge in [0.25, 0.3) is 0 Å². The number of amides is 3. The summed E-state index contributed by atoms with van der Waals surface area (Å²) in [6.45, 7) is 1.54. The predicted octanol–water partition coefficient (Wildman–Crippen LogP) is 4.54. The number of cyclic esters (lactones) is 1. The van der Waals surface area contributed by atoms with Crippen LogP contribution in [-0.2, 0) is 23.9 Å². The zero-order chi connectivity index (χ0) is 33.2. The monoisotopic (exact) mass is 639 g/mol. The second-order valence-electron chi connectivity index (χ2n) is 11.9. The van der Waals surface area contributed by atoms with Crippen molar-refractivity contribution >= 4 is 23.9 Å². The van der Waals surface area contributed by atoms with Gasteiger partial charge in [0.15, 0.2) is 0 Å². The fourth-order valence-electron chi connectivity index (χ4n) is 6.01. The first-order chi connectivity index (χ1) is 22.8. The summed E-state index contributed by atoms with van der Waals surface area (Å²) in [5, 5.41) is 17.5. The van der Waals surface area contributed by atoms with Crippen LogP contribution in [-0.4, -0.2) is 60.8 Å². The van der Waals surface area contributed by atoms with Crippen molar-refractivity contribution in [3.05, 3.63) is 108 Å². The number of rotatable bonds is 8. The summed E-state index contributed by atoms with van der Waals surface area (Å²) in [6, 6.07) is 23.7. The first kappa shape index (κ1) is 33.4. The zero-order valence-electron chi connectivity index (χ0n) is 26.4. The smallest absolute Gasteiger partial charge is 0.407 e. The van der Waals surface area contributed by atoms with Crippen LogP contribution in [0.15, 0.2) is 91.0 Å². The molecule has 246 valence electrons. The quantitative estimate of drug-likeness (QED) is 0.209. The van der Waals surface area contributed by atoms with Crippen LogP contribution in [0.5, 0.6) is 0 Å². The first-order valence-corrected chi connectivity index (χ1v) is 16.0. The molecule has 0 fully saturated rings. The highest BCUT2D eigenvalue weighted by atomic mass is 16.6. The number of benzene rings is 3. The summed E-state index contributed by atoms with van der Waals surface area (Å²) in [5.74, 6) is -2.15. The fraction of sp³-hybridized carbons (Fsp3) is 0.351. The summed E-state index contributed by atoms with van der Waals surface area (Å²) in [6.07, 6.45) is 2.93. The Balaban J connectivity index is 1.28. The van der Waals surface area contributed by atoms with Crippen LogP contribution in [0.4, 0.5) is 4.79 Å². The topological polar surface area (TPSA) is 143 Å². The highest BCUT2D eigenvalue weighted by Gasteiger charge is 2.31. The van der Waals surface area contributed by atoms with Crippen LogP contribution < -0.4 is 16.0 Å². The van der Waals surface area contributed by atoms with Crippen molar-refractivity contribution in [3.63, 3.8) is 0 Å². The third kappa shape index (κ3) is 8.65. The Morgan fingerprint density at radius 2 is 1.62 bits per heavy atom. The average molecular weight is 640 g/mol. The Kier molecular flexibility index (Phi) is 11.4. The Bertz CT molecular complexity index is 1550. The lowest BCUT2D eigenvalue weighted by molar-refractivity contribution is -0.152. The van der Waals surface area contributed by atoms with Gasteiger partial charge < -0.3 is 30.5 Å². The number of carbonyl (C=O) groups is 4. The number of hydrogen-bond acceptors (Lipinski definition) is 7. The highest BCUT2D eigenvalue weighted by molar-refractivity contribution is 5.86. The third-order valence-corrected chi connectivity index (χ3v) is 8.50. The lowest BCUT2D eigenvalue weighted by Gasteiger charge is -2.24. The number of aliphatic hydroxyl groups excluding tert-OH is 1. The molecule has 0 unspecified atom stereocenters. The second-order valence-corrected chi connectivity index (χ2v) is 11.9. The molecule has 10 heteroatoms. The molecule has 10 nitrogen and oxygen atoms in total. The van der Waals surface area contributed by atoms with Crippen LogP contribution >= 0.6 is 0 Å². The van der Waals surface area contributed by atoms with Crippen LogP contribution in [0.2, 0.25) is 0 Å². The number of fused-ring (bicyclic) bond motifs is 3. The van der Waals surface area contributed by atoms with Crippen molar-refractivity contribution in [2.24, 2.45) is 5.92 Å². The van der Waals surface area contributed by atoms with E-state index in [1.165, 1.54) is 0 Å². The molecule has 0 saturated heterocycles. The summed E-state index contributed by atoms with van der Waals surface area (Å²) in [4.78, 5) is 52.4. The summed E-state index contributed by atoms with van der Waals surface area (Å²) >= 11 is 0. The first-order valence-electron chi connectivity index (χ1n) is 16.0. The standard InChI is InChI=1S/C37H41N3O7/c1-24(22-41)39-34(42)20-26-14-6-3-7-19-32(36(44)47-33(21-38-35(26)43)25-12-4-2-5-13-25)40-37(45)46-23-31-29-17-10-8-15-27(29)28-16-9-11-18-30(28)31/h2-6,8-13,15-18,24,26,31-33,41H,7,14,19-23H2,1H3,(H,38,43)(H,39,42)(H,40,45)/t24-,26-,32+,33-/m1/s1. The van der Waals surface area contributed by atoms with Gasteiger partial charge in [0.1, 0.15) is 18.8 Å². The van der Waals surface area contributed by atoms with Gasteiger partial charge >= 0.3 is 12.1 Å². The van der Waals surface area contributed by atoms with Gasteiger partial charge in [-0.1, -0.05) is 91.0 Å². The van der Waals surface area contributed by atoms with Gasteiger partial charge in [-0.25, -0.2) is 9.59 Å². The number of hydrogen-bond donors (Lipinski definition) is 4. The fourth-order valence-corrected chi connectivity index (χ4v) is 6.01. The molecule has 0 radical (unpaired) electrons. The largest absolute Gasteiger partial charge is 0.454 e. The molecule has 5 rings (SSSR count). The molecule has 3 aromatic carbocycles. The molecule has 0 aromatic heterocycles. The Labute approximate surface area is 274 Å². The summed E-state index contributed by atoms with van der Waals surface area (Å²) in [5.41, 5.74) is 5.06. The van der Waals surface area contributed by atoms with E-state index in [0.29, 0.717) is 18.4 Å². The van der Waals surface area contributed by atoms with Gasteiger partial charge in [0, 0.05) is 18.4 Å². The molecular weight excluding hydrogens is 598 g/mol. The van der Waals surface area contributed by atoms with Gasteiger partial charge in [0.2, 0.25) is 11.8 Å². The maximum absolute atomic E-state index is 13.5. The number of nitrogens with one attached hydrogen (secondary N) is 3. The molecule has 2 aliphatic rings. The molecule has 0 bridgehead atoms. The summed E-state index contributed by atoms with van der Waals surface area (Å²) < 4.78 is 11.6. The molecule has 3 aromatic rings. The van der Waals surface area contributed by atoms with Crippen molar-refractivity contribution in [1.29, 1.82) is 0 Å². The Morgan fingerprint density at radius 3 is 2.30 bits per heavy atom. The van der Waals surface area contributed by atoms with Gasteiger partial charge in [-0.05, 0) is 54.0 Å². The van der Waals surface area contributed by atoms with Crippen molar-refractivity contribution < 1.29 is 33.8 Å². The van der Waals surface area contributed by atoms with Gasteiger partial charge in [-0.2, -0.15) is 0 Å². The molecule has 4 N–H and O–H groups in total. The van der Waals surface area contributed by atoms with Crippen molar-refractivity contribution in [1.82, 2.24) is 16.0 Å². The Hall–Kier alpha value is -4.96. The number of esters is 1. The minimum Gasteiger partial charge on any atom is -0.454 e. The van der Waals surface area contributed by atoms with Crippen molar-refractivity contribution in [2.45, 2.75) is 56.7 Å². The number of aliphatic hydroxyl groups is 1. The predicted molar refractivity (Wildman–Crippen MR) is 176 cm³/mol. The second kappa shape index (κ2) is 16.0. The number of alkyl carbamates (subject to hydrolysis) is 1. The van der Waals surface area contributed by atoms with E-state index in [1.54, 1.807) is 37.3 Å². The maximum atomic E-state index is 13.5. The van der Waals surface area contributed by atoms with E-state index in [-0.39, 0.29) is 50.3 Å². The lowest BCUT2D eigenvalue weighted by Crippen LogP contribution is -2.44. The van der Waals surface area contributed by atoms with Crippen molar-refractivity contribution in [2.75, 3.05) is 19.8 Å². The molecule has 0 spiro atoms. The van der Waals surface area contributed by atoms with E-state index < -0.39 is 36.2 Å². The molecule has 4 atom stereocenters. The van der Waals surface area contributed by atoms with Gasteiger partial charge in [-0.15, -0.1) is 0 Å².